The zero-order valence-electron chi connectivity index (χ0n) is 10.3. The Hall–Kier alpha value is -0.780. The van der Waals surface area contributed by atoms with Crippen LogP contribution in [0.1, 0.15) is 32.1 Å². The standard InChI is InChI=1S/C12H19F3N2O/c13-12(14,15)9-4-7-17(8-5-9)10-3-1-2-6-16-11(10)18/h9-10H,1-8H2,(H,16,18)/t10-/m0/s1. The molecule has 2 saturated heterocycles. The van der Waals surface area contributed by atoms with Crippen LogP contribution in [0.4, 0.5) is 13.2 Å². The fourth-order valence-electron chi connectivity index (χ4n) is 2.81. The molecule has 2 heterocycles. The van der Waals surface area contributed by atoms with E-state index in [1.165, 1.54) is 0 Å². The SMILES string of the molecule is O=C1NCCCC[C@@H]1N1CCC(C(F)(F)F)CC1. The summed E-state index contributed by atoms with van der Waals surface area (Å²) in [6, 6.07) is -0.221. The van der Waals surface area contributed by atoms with Crippen molar-refractivity contribution in [3.8, 4) is 0 Å². The molecule has 0 aliphatic carbocycles. The van der Waals surface area contributed by atoms with Crippen LogP contribution in [0.3, 0.4) is 0 Å². The Morgan fingerprint density at radius 2 is 1.78 bits per heavy atom. The van der Waals surface area contributed by atoms with Crippen LogP contribution in [0, 0.1) is 5.92 Å². The lowest BCUT2D eigenvalue weighted by atomic mass is 9.94. The van der Waals surface area contributed by atoms with Gasteiger partial charge in [0.15, 0.2) is 0 Å². The van der Waals surface area contributed by atoms with Crippen molar-refractivity contribution in [3.05, 3.63) is 0 Å². The molecule has 0 spiro atoms. The Kier molecular flexibility index (Phi) is 4.14. The number of halogens is 3. The van der Waals surface area contributed by atoms with Gasteiger partial charge in [0, 0.05) is 6.54 Å². The van der Waals surface area contributed by atoms with Gasteiger partial charge in [-0.25, -0.2) is 0 Å². The molecule has 0 unspecified atom stereocenters. The van der Waals surface area contributed by atoms with Gasteiger partial charge in [0.05, 0.1) is 12.0 Å². The highest BCUT2D eigenvalue weighted by atomic mass is 19.4. The summed E-state index contributed by atoms with van der Waals surface area (Å²) >= 11 is 0. The average Bonchev–Trinajstić information content (AvgIpc) is 2.53. The molecule has 2 fully saturated rings. The molecule has 0 aromatic rings. The summed E-state index contributed by atoms with van der Waals surface area (Å²) in [5, 5.41) is 2.83. The molecule has 18 heavy (non-hydrogen) atoms. The summed E-state index contributed by atoms with van der Waals surface area (Å²) < 4.78 is 37.7. The monoisotopic (exact) mass is 264 g/mol. The number of piperidine rings is 1. The molecule has 1 amide bonds. The van der Waals surface area contributed by atoms with Crippen molar-refractivity contribution < 1.29 is 18.0 Å². The van der Waals surface area contributed by atoms with E-state index in [0.717, 1.165) is 19.3 Å². The third-order valence-electron chi connectivity index (χ3n) is 3.94. The van der Waals surface area contributed by atoms with Gasteiger partial charge in [0.2, 0.25) is 5.91 Å². The number of carbonyl (C=O) groups is 1. The zero-order chi connectivity index (χ0) is 13.2. The van der Waals surface area contributed by atoms with Crippen molar-refractivity contribution in [2.45, 2.75) is 44.3 Å². The molecule has 6 heteroatoms. The second kappa shape index (κ2) is 5.47. The van der Waals surface area contributed by atoms with Gasteiger partial charge in [-0.2, -0.15) is 13.2 Å². The van der Waals surface area contributed by atoms with E-state index >= 15 is 0 Å². The van der Waals surface area contributed by atoms with Crippen molar-refractivity contribution in [1.29, 1.82) is 0 Å². The first-order valence-corrected chi connectivity index (χ1v) is 6.57. The Morgan fingerprint density at radius 1 is 1.11 bits per heavy atom. The minimum Gasteiger partial charge on any atom is -0.355 e. The minimum atomic E-state index is -4.09. The minimum absolute atomic E-state index is 0.0158. The van der Waals surface area contributed by atoms with Crippen LogP contribution in [-0.4, -0.2) is 42.7 Å². The number of alkyl halides is 3. The number of rotatable bonds is 1. The van der Waals surface area contributed by atoms with Gasteiger partial charge in [0.1, 0.15) is 0 Å². The van der Waals surface area contributed by atoms with E-state index in [1.807, 2.05) is 4.90 Å². The quantitative estimate of drug-likeness (QED) is 0.785. The molecule has 0 bridgehead atoms. The van der Waals surface area contributed by atoms with Crippen LogP contribution < -0.4 is 5.32 Å². The lowest BCUT2D eigenvalue weighted by Crippen LogP contribution is -2.50. The van der Waals surface area contributed by atoms with Gasteiger partial charge in [-0.1, -0.05) is 0 Å². The van der Waals surface area contributed by atoms with Crippen LogP contribution >= 0.6 is 0 Å². The van der Waals surface area contributed by atoms with Crippen molar-refractivity contribution in [3.63, 3.8) is 0 Å². The lowest BCUT2D eigenvalue weighted by molar-refractivity contribution is -0.186. The van der Waals surface area contributed by atoms with E-state index in [9.17, 15) is 18.0 Å². The summed E-state index contributed by atoms with van der Waals surface area (Å²) in [7, 11) is 0. The predicted octanol–water partition coefficient (Wildman–Crippen LogP) is 1.93. The summed E-state index contributed by atoms with van der Waals surface area (Å²) in [5.41, 5.74) is 0. The van der Waals surface area contributed by atoms with E-state index in [1.54, 1.807) is 0 Å². The maximum absolute atomic E-state index is 12.6. The number of carbonyl (C=O) groups excluding carboxylic acids is 1. The Balaban J connectivity index is 1.90. The first-order valence-electron chi connectivity index (χ1n) is 6.57. The van der Waals surface area contributed by atoms with Gasteiger partial charge in [0.25, 0.3) is 0 Å². The van der Waals surface area contributed by atoms with Gasteiger partial charge in [-0.3, -0.25) is 9.69 Å². The van der Waals surface area contributed by atoms with Crippen LogP contribution in [-0.2, 0) is 4.79 Å². The number of amides is 1. The third kappa shape index (κ3) is 3.16. The molecule has 0 aromatic heterocycles. The molecule has 1 N–H and O–H groups in total. The predicted molar refractivity (Wildman–Crippen MR) is 61.0 cm³/mol. The topological polar surface area (TPSA) is 32.3 Å². The van der Waals surface area contributed by atoms with Crippen molar-refractivity contribution in [2.75, 3.05) is 19.6 Å². The molecular weight excluding hydrogens is 245 g/mol. The molecule has 2 aliphatic heterocycles. The van der Waals surface area contributed by atoms with Crippen LogP contribution in [0.15, 0.2) is 0 Å². The van der Waals surface area contributed by atoms with Crippen LogP contribution in [0.2, 0.25) is 0 Å². The molecule has 3 nitrogen and oxygen atoms in total. The first-order chi connectivity index (χ1) is 8.48. The van der Waals surface area contributed by atoms with Gasteiger partial charge in [-0.15, -0.1) is 0 Å². The van der Waals surface area contributed by atoms with E-state index in [0.29, 0.717) is 19.6 Å². The number of nitrogens with one attached hydrogen (secondary N) is 1. The highest BCUT2D eigenvalue weighted by Gasteiger charge is 2.42. The molecule has 0 radical (unpaired) electrons. The van der Waals surface area contributed by atoms with E-state index in [-0.39, 0.29) is 24.8 Å². The van der Waals surface area contributed by atoms with E-state index in [4.69, 9.17) is 0 Å². The van der Waals surface area contributed by atoms with Crippen molar-refractivity contribution >= 4 is 5.91 Å². The molecule has 0 saturated carbocycles. The summed E-state index contributed by atoms with van der Waals surface area (Å²) in [6.07, 6.45) is -1.16. The average molecular weight is 264 g/mol. The maximum atomic E-state index is 12.6. The summed E-state index contributed by atoms with van der Waals surface area (Å²) in [5.74, 6) is -1.21. The highest BCUT2D eigenvalue weighted by Crippen LogP contribution is 2.34. The number of likely N-dealkylation sites (tertiary alicyclic amines) is 1. The normalized spacial score (nSPS) is 28.8. The first kappa shape index (κ1) is 13.6. The maximum Gasteiger partial charge on any atom is 0.391 e. The zero-order valence-corrected chi connectivity index (χ0v) is 10.3. The van der Waals surface area contributed by atoms with Gasteiger partial charge < -0.3 is 5.32 Å². The van der Waals surface area contributed by atoms with Crippen LogP contribution in [0.5, 0.6) is 0 Å². The highest BCUT2D eigenvalue weighted by molar-refractivity contribution is 5.81. The Labute approximate surface area is 105 Å². The van der Waals surface area contributed by atoms with Gasteiger partial charge >= 0.3 is 6.18 Å². The molecule has 104 valence electrons. The molecule has 0 aromatic carbocycles. The smallest absolute Gasteiger partial charge is 0.355 e. The number of hydrogen-bond acceptors (Lipinski definition) is 2. The molecule has 2 rings (SSSR count). The fraction of sp³-hybridized carbons (Fsp3) is 0.917. The van der Waals surface area contributed by atoms with E-state index < -0.39 is 12.1 Å². The lowest BCUT2D eigenvalue weighted by Gasteiger charge is -2.36. The summed E-state index contributed by atoms with van der Waals surface area (Å²) in [4.78, 5) is 13.7. The molecular formula is C12H19F3N2O. The third-order valence-corrected chi connectivity index (χ3v) is 3.94. The fourth-order valence-corrected chi connectivity index (χ4v) is 2.81. The van der Waals surface area contributed by atoms with Crippen molar-refractivity contribution in [2.24, 2.45) is 5.92 Å². The number of hydrogen-bond donors (Lipinski definition) is 1. The second-order valence-corrected chi connectivity index (χ2v) is 5.15. The molecule has 2 aliphatic rings. The second-order valence-electron chi connectivity index (χ2n) is 5.15. The Bertz CT molecular complexity index is 298. The number of nitrogens with zero attached hydrogens (tertiary/aromatic N) is 1. The Morgan fingerprint density at radius 3 is 2.39 bits per heavy atom. The van der Waals surface area contributed by atoms with Crippen LogP contribution in [0.25, 0.3) is 0 Å². The van der Waals surface area contributed by atoms with Gasteiger partial charge in [-0.05, 0) is 45.2 Å². The molecule has 1 atom stereocenters. The van der Waals surface area contributed by atoms with Crippen molar-refractivity contribution in [1.82, 2.24) is 10.2 Å². The largest absolute Gasteiger partial charge is 0.391 e. The van der Waals surface area contributed by atoms with E-state index in [2.05, 4.69) is 5.32 Å². The summed E-state index contributed by atoms with van der Waals surface area (Å²) in [6.45, 7) is 1.44.